The van der Waals surface area contributed by atoms with E-state index in [1.165, 1.54) is 24.9 Å². The molecule has 2 atom stereocenters. The van der Waals surface area contributed by atoms with Gasteiger partial charge in [0.25, 0.3) is 0 Å². The second kappa shape index (κ2) is 6.92. The van der Waals surface area contributed by atoms with Crippen molar-refractivity contribution in [1.29, 1.82) is 0 Å². The first-order valence-electron chi connectivity index (χ1n) is 7.33. The predicted octanol–water partition coefficient (Wildman–Crippen LogP) is 2.43. The summed E-state index contributed by atoms with van der Waals surface area (Å²) in [5.41, 5.74) is 7.21. The fourth-order valence-electron chi connectivity index (χ4n) is 2.73. The summed E-state index contributed by atoms with van der Waals surface area (Å²) < 4.78 is 5.86. The van der Waals surface area contributed by atoms with Crippen LogP contribution in [0.5, 0.6) is 5.75 Å². The maximum atomic E-state index is 6.01. The van der Waals surface area contributed by atoms with Crippen molar-refractivity contribution >= 4 is 0 Å². The molecule has 0 aromatic heterocycles. The lowest BCUT2D eigenvalue weighted by Crippen LogP contribution is -2.43. The van der Waals surface area contributed by atoms with Crippen LogP contribution < -0.4 is 10.5 Å². The van der Waals surface area contributed by atoms with Crippen LogP contribution in [0.3, 0.4) is 0 Å². The summed E-state index contributed by atoms with van der Waals surface area (Å²) in [6.07, 6.45) is 2.53. The number of likely N-dealkylation sites (tertiary alicyclic amines) is 1. The third-order valence-corrected chi connectivity index (χ3v) is 4.04. The molecular formula is C16H26N2O. The van der Waals surface area contributed by atoms with Gasteiger partial charge in [0.1, 0.15) is 12.4 Å². The Morgan fingerprint density at radius 3 is 2.95 bits per heavy atom. The van der Waals surface area contributed by atoms with Crippen LogP contribution in [0.25, 0.3) is 0 Å². The molecule has 1 aromatic rings. The lowest BCUT2D eigenvalue weighted by molar-refractivity contribution is 0.137. The topological polar surface area (TPSA) is 38.5 Å². The van der Waals surface area contributed by atoms with Gasteiger partial charge >= 0.3 is 0 Å². The molecule has 0 radical (unpaired) electrons. The van der Waals surface area contributed by atoms with E-state index < -0.39 is 0 Å². The molecule has 1 saturated heterocycles. The van der Waals surface area contributed by atoms with E-state index in [9.17, 15) is 0 Å². The molecule has 106 valence electrons. The number of benzene rings is 1. The number of hydrogen-bond acceptors (Lipinski definition) is 3. The third-order valence-electron chi connectivity index (χ3n) is 4.04. The molecule has 1 aliphatic rings. The van der Waals surface area contributed by atoms with Crippen LogP contribution in [0.1, 0.15) is 25.3 Å². The van der Waals surface area contributed by atoms with Crippen molar-refractivity contribution in [2.24, 2.45) is 11.7 Å². The largest absolute Gasteiger partial charge is 0.492 e. The minimum atomic E-state index is 0.306. The lowest BCUT2D eigenvalue weighted by atomic mass is 9.92. The highest BCUT2D eigenvalue weighted by atomic mass is 16.5. The Bertz CT molecular complexity index is 392. The van der Waals surface area contributed by atoms with Gasteiger partial charge in [-0.25, -0.2) is 0 Å². The highest BCUT2D eigenvalue weighted by molar-refractivity contribution is 5.31. The molecule has 3 heteroatoms. The van der Waals surface area contributed by atoms with E-state index in [0.717, 1.165) is 25.4 Å². The van der Waals surface area contributed by atoms with Gasteiger partial charge < -0.3 is 10.5 Å². The van der Waals surface area contributed by atoms with Crippen molar-refractivity contribution in [3.05, 3.63) is 29.8 Å². The zero-order chi connectivity index (χ0) is 13.7. The zero-order valence-corrected chi connectivity index (χ0v) is 12.1. The summed E-state index contributed by atoms with van der Waals surface area (Å²) in [5.74, 6) is 1.65. The molecule has 0 bridgehead atoms. The van der Waals surface area contributed by atoms with E-state index in [0.29, 0.717) is 12.0 Å². The van der Waals surface area contributed by atoms with Gasteiger partial charge in [-0.3, -0.25) is 4.90 Å². The van der Waals surface area contributed by atoms with Crippen molar-refractivity contribution in [3.63, 3.8) is 0 Å². The normalized spacial score (nSPS) is 22.2. The minimum absolute atomic E-state index is 0.306. The molecule has 1 aliphatic heterocycles. The van der Waals surface area contributed by atoms with Gasteiger partial charge in [0.2, 0.25) is 0 Å². The maximum absolute atomic E-state index is 6.01. The zero-order valence-electron chi connectivity index (χ0n) is 12.1. The fraction of sp³-hybridized carbons (Fsp3) is 0.625. The molecule has 2 N–H and O–H groups in total. The van der Waals surface area contributed by atoms with E-state index in [1.807, 2.05) is 18.2 Å². The fourth-order valence-corrected chi connectivity index (χ4v) is 2.73. The van der Waals surface area contributed by atoms with Crippen LogP contribution in [0.4, 0.5) is 0 Å². The Kier molecular flexibility index (Phi) is 5.23. The predicted molar refractivity (Wildman–Crippen MR) is 79.5 cm³/mol. The van der Waals surface area contributed by atoms with Crippen LogP contribution in [0.2, 0.25) is 0 Å². The van der Waals surface area contributed by atoms with E-state index in [-0.39, 0.29) is 0 Å². The van der Waals surface area contributed by atoms with Crippen molar-refractivity contribution in [2.45, 2.75) is 32.7 Å². The van der Waals surface area contributed by atoms with Gasteiger partial charge in [0, 0.05) is 19.1 Å². The van der Waals surface area contributed by atoms with Gasteiger partial charge in [-0.2, -0.15) is 0 Å². The quantitative estimate of drug-likeness (QED) is 0.885. The summed E-state index contributed by atoms with van der Waals surface area (Å²) in [7, 11) is 0. The monoisotopic (exact) mass is 262 g/mol. The molecule has 0 aliphatic carbocycles. The Balaban J connectivity index is 1.75. The number of ether oxygens (including phenoxy) is 1. The summed E-state index contributed by atoms with van der Waals surface area (Å²) in [6.45, 7) is 8.27. The number of aryl methyl sites for hydroxylation is 1. The minimum Gasteiger partial charge on any atom is -0.492 e. The summed E-state index contributed by atoms with van der Waals surface area (Å²) in [4.78, 5) is 2.48. The molecule has 2 rings (SSSR count). The molecule has 1 heterocycles. The lowest BCUT2D eigenvalue weighted by Gasteiger charge is -2.34. The number of piperidine rings is 1. The Hall–Kier alpha value is -1.06. The Labute approximate surface area is 116 Å². The number of nitrogens with zero attached hydrogens (tertiary/aromatic N) is 1. The van der Waals surface area contributed by atoms with E-state index in [1.54, 1.807) is 0 Å². The summed E-state index contributed by atoms with van der Waals surface area (Å²) >= 11 is 0. The van der Waals surface area contributed by atoms with Gasteiger partial charge in [0.15, 0.2) is 0 Å². The van der Waals surface area contributed by atoms with Crippen molar-refractivity contribution in [2.75, 3.05) is 26.2 Å². The average molecular weight is 262 g/mol. The Morgan fingerprint density at radius 2 is 2.21 bits per heavy atom. The maximum Gasteiger partial charge on any atom is 0.122 e. The van der Waals surface area contributed by atoms with Crippen molar-refractivity contribution in [3.8, 4) is 5.75 Å². The van der Waals surface area contributed by atoms with Gasteiger partial charge in [0.05, 0.1) is 0 Å². The molecule has 1 fully saturated rings. The molecule has 0 saturated carbocycles. The Morgan fingerprint density at radius 1 is 1.42 bits per heavy atom. The smallest absolute Gasteiger partial charge is 0.122 e. The molecular weight excluding hydrogens is 236 g/mol. The molecule has 0 amide bonds. The van der Waals surface area contributed by atoms with Gasteiger partial charge in [-0.15, -0.1) is 0 Å². The number of nitrogens with two attached hydrogens (primary N) is 1. The first-order valence-corrected chi connectivity index (χ1v) is 7.33. The van der Waals surface area contributed by atoms with Crippen molar-refractivity contribution < 1.29 is 4.74 Å². The third kappa shape index (κ3) is 4.22. The SMILES string of the molecule is Cc1ccccc1OCCN1CCCC(C(C)N)C1. The molecule has 3 nitrogen and oxygen atoms in total. The standard InChI is InChI=1S/C16H26N2O/c1-13-6-3-4-8-16(13)19-11-10-18-9-5-7-15(12-18)14(2)17/h3-4,6,8,14-15H,5,7,9-12,17H2,1-2H3. The second-order valence-corrected chi connectivity index (χ2v) is 5.68. The molecule has 0 spiro atoms. The van der Waals surface area contributed by atoms with E-state index >= 15 is 0 Å². The van der Waals surface area contributed by atoms with Crippen LogP contribution in [0.15, 0.2) is 24.3 Å². The highest BCUT2D eigenvalue weighted by Crippen LogP contribution is 2.19. The summed E-state index contributed by atoms with van der Waals surface area (Å²) in [5, 5.41) is 0. The second-order valence-electron chi connectivity index (χ2n) is 5.68. The molecule has 2 unspecified atom stereocenters. The van der Waals surface area contributed by atoms with Gasteiger partial charge in [-0.1, -0.05) is 18.2 Å². The van der Waals surface area contributed by atoms with Crippen LogP contribution in [0, 0.1) is 12.8 Å². The number of para-hydroxylation sites is 1. The average Bonchev–Trinajstić information content (AvgIpc) is 2.41. The number of rotatable bonds is 5. The van der Waals surface area contributed by atoms with Crippen LogP contribution >= 0.6 is 0 Å². The van der Waals surface area contributed by atoms with Gasteiger partial charge in [-0.05, 0) is 50.8 Å². The first-order chi connectivity index (χ1) is 9.16. The van der Waals surface area contributed by atoms with E-state index in [2.05, 4.69) is 24.8 Å². The highest BCUT2D eigenvalue weighted by Gasteiger charge is 2.22. The van der Waals surface area contributed by atoms with Crippen molar-refractivity contribution in [1.82, 2.24) is 4.90 Å². The molecule has 1 aromatic carbocycles. The number of hydrogen-bond donors (Lipinski definition) is 1. The summed E-state index contributed by atoms with van der Waals surface area (Å²) in [6, 6.07) is 8.49. The molecule has 19 heavy (non-hydrogen) atoms. The van der Waals surface area contributed by atoms with Crippen LogP contribution in [-0.2, 0) is 0 Å². The van der Waals surface area contributed by atoms with Crippen LogP contribution in [-0.4, -0.2) is 37.2 Å². The first kappa shape index (κ1) is 14.4. The van der Waals surface area contributed by atoms with E-state index in [4.69, 9.17) is 10.5 Å².